The number of benzene rings is 1. The second-order valence-corrected chi connectivity index (χ2v) is 6.97. The Morgan fingerprint density at radius 1 is 1.19 bits per heavy atom. The first-order valence-electron chi connectivity index (χ1n) is 8.87. The molecular weight excluding hydrogens is 363 g/mol. The fraction of sp³-hybridized carbons (Fsp3) is 0.529. The van der Waals surface area contributed by atoms with Gasteiger partial charge in [0.05, 0.1) is 10.5 Å². The minimum Gasteiger partial charge on any atom is -0.370 e. The number of non-ortho nitro benzene ring substituents is 1. The molecule has 27 heavy (non-hydrogen) atoms. The third kappa shape index (κ3) is 3.24. The number of nitro benzene ring substituents is 1. The summed E-state index contributed by atoms with van der Waals surface area (Å²) in [5.41, 5.74) is -1.54. The second-order valence-electron chi connectivity index (χ2n) is 6.97. The highest BCUT2D eigenvalue weighted by molar-refractivity contribution is 5.59. The number of piperidine rings is 1. The lowest BCUT2D eigenvalue weighted by Gasteiger charge is -2.35. The number of anilines is 1. The average Bonchev–Trinajstić information content (AvgIpc) is 3.24. The molecule has 1 unspecified atom stereocenters. The Labute approximate surface area is 152 Å². The Morgan fingerprint density at radius 2 is 2.00 bits per heavy atom. The van der Waals surface area contributed by atoms with Crippen molar-refractivity contribution in [3.63, 3.8) is 0 Å². The first-order chi connectivity index (χ1) is 12.8. The number of aryl methyl sites for hydroxylation is 1. The van der Waals surface area contributed by atoms with Gasteiger partial charge in [-0.15, -0.1) is 10.2 Å². The van der Waals surface area contributed by atoms with E-state index in [2.05, 4.69) is 14.8 Å². The van der Waals surface area contributed by atoms with E-state index in [0.717, 1.165) is 49.9 Å². The molecule has 4 rings (SSSR count). The van der Waals surface area contributed by atoms with Crippen molar-refractivity contribution in [2.45, 2.75) is 44.3 Å². The maximum absolute atomic E-state index is 13.5. The second kappa shape index (κ2) is 6.50. The number of hydrogen-bond donors (Lipinski definition) is 0. The number of hydrogen-bond acceptors (Lipinski definition) is 5. The van der Waals surface area contributed by atoms with Crippen LogP contribution in [0.4, 0.5) is 24.5 Å². The van der Waals surface area contributed by atoms with Crippen molar-refractivity contribution >= 4 is 11.4 Å². The summed E-state index contributed by atoms with van der Waals surface area (Å²) in [5, 5.41) is 19.4. The maximum Gasteiger partial charge on any atom is 0.418 e. The Morgan fingerprint density at radius 3 is 2.74 bits per heavy atom. The molecule has 0 saturated carbocycles. The molecule has 2 aliphatic heterocycles. The largest absolute Gasteiger partial charge is 0.418 e. The smallest absolute Gasteiger partial charge is 0.370 e. The minimum absolute atomic E-state index is 0.00521. The van der Waals surface area contributed by atoms with Crippen LogP contribution in [0.1, 0.15) is 42.4 Å². The predicted molar refractivity (Wildman–Crippen MR) is 90.6 cm³/mol. The van der Waals surface area contributed by atoms with Crippen LogP contribution in [0.2, 0.25) is 0 Å². The third-order valence-electron chi connectivity index (χ3n) is 5.26. The predicted octanol–water partition coefficient (Wildman–Crippen LogP) is 3.54. The molecule has 1 aromatic carbocycles. The first kappa shape index (κ1) is 17.7. The molecule has 1 saturated heterocycles. The van der Waals surface area contributed by atoms with E-state index < -0.39 is 22.4 Å². The lowest BCUT2D eigenvalue weighted by Crippen LogP contribution is -2.36. The van der Waals surface area contributed by atoms with Gasteiger partial charge >= 0.3 is 6.18 Å². The number of nitrogens with zero attached hydrogens (tertiary/aromatic N) is 5. The summed E-state index contributed by atoms with van der Waals surface area (Å²) in [6, 6.07) is 2.95. The zero-order valence-electron chi connectivity index (χ0n) is 14.4. The zero-order chi connectivity index (χ0) is 19.2. The van der Waals surface area contributed by atoms with Crippen molar-refractivity contribution in [3.05, 3.63) is 45.5 Å². The van der Waals surface area contributed by atoms with E-state index in [1.165, 1.54) is 6.07 Å². The molecule has 1 atom stereocenters. The number of halogens is 3. The Bertz CT molecular complexity index is 880. The van der Waals surface area contributed by atoms with Crippen LogP contribution in [0.25, 0.3) is 0 Å². The molecule has 2 aliphatic rings. The van der Waals surface area contributed by atoms with Gasteiger partial charge in [0.2, 0.25) is 0 Å². The fourth-order valence-corrected chi connectivity index (χ4v) is 4.02. The molecule has 0 radical (unpaired) electrons. The molecule has 0 spiro atoms. The summed E-state index contributed by atoms with van der Waals surface area (Å²) in [7, 11) is 0. The topological polar surface area (TPSA) is 77.1 Å². The van der Waals surface area contributed by atoms with Crippen molar-refractivity contribution in [1.82, 2.24) is 14.8 Å². The molecule has 0 N–H and O–H groups in total. The fourth-order valence-electron chi connectivity index (χ4n) is 4.02. The van der Waals surface area contributed by atoms with Gasteiger partial charge in [-0.25, -0.2) is 0 Å². The van der Waals surface area contributed by atoms with Crippen LogP contribution < -0.4 is 4.90 Å². The van der Waals surface area contributed by atoms with Crippen LogP contribution in [0, 0.1) is 10.1 Å². The van der Waals surface area contributed by atoms with Crippen LogP contribution in [0.15, 0.2) is 18.2 Å². The van der Waals surface area contributed by atoms with E-state index >= 15 is 0 Å². The summed E-state index contributed by atoms with van der Waals surface area (Å²) in [6.07, 6.45) is -1.21. The van der Waals surface area contributed by atoms with Gasteiger partial charge < -0.3 is 9.47 Å². The molecular formula is C17H18F3N5O2. The number of nitro groups is 1. The molecule has 3 heterocycles. The molecule has 0 bridgehead atoms. The van der Waals surface area contributed by atoms with Gasteiger partial charge in [-0.1, -0.05) is 0 Å². The van der Waals surface area contributed by atoms with E-state index in [9.17, 15) is 23.3 Å². The quantitative estimate of drug-likeness (QED) is 0.600. The number of fused-ring (bicyclic) bond motifs is 1. The normalized spacial score (nSPS) is 20.0. The lowest BCUT2D eigenvalue weighted by molar-refractivity contribution is -0.385. The molecule has 10 heteroatoms. The SMILES string of the molecule is O=[N+]([O-])c1ccc(N2CCCC(c3nnc4n3CCC4)C2)c(C(F)(F)F)c1. The molecule has 144 valence electrons. The standard InChI is InChI=1S/C17H18F3N5O2/c18-17(19,20)13-9-12(25(26)27)5-6-14(13)23-7-1-3-11(10-23)16-22-21-15-4-2-8-24(15)16/h5-6,9,11H,1-4,7-8,10H2. The lowest BCUT2D eigenvalue weighted by atomic mass is 9.95. The number of aromatic nitrogens is 3. The van der Waals surface area contributed by atoms with Crippen LogP contribution in [0.5, 0.6) is 0 Å². The summed E-state index contributed by atoms with van der Waals surface area (Å²) in [5.74, 6) is 1.77. The molecule has 0 amide bonds. The van der Waals surface area contributed by atoms with Gasteiger partial charge in [-0.3, -0.25) is 10.1 Å². The van der Waals surface area contributed by atoms with Gasteiger partial charge in [0, 0.05) is 49.8 Å². The molecule has 2 aromatic rings. The van der Waals surface area contributed by atoms with E-state index in [1.54, 1.807) is 4.90 Å². The number of alkyl halides is 3. The Kier molecular flexibility index (Phi) is 4.27. The highest BCUT2D eigenvalue weighted by Gasteiger charge is 2.38. The van der Waals surface area contributed by atoms with Gasteiger partial charge in [-0.05, 0) is 25.3 Å². The molecule has 0 aliphatic carbocycles. The van der Waals surface area contributed by atoms with Gasteiger partial charge in [-0.2, -0.15) is 13.2 Å². The van der Waals surface area contributed by atoms with Gasteiger partial charge in [0.25, 0.3) is 5.69 Å². The van der Waals surface area contributed by atoms with Crippen LogP contribution in [0.3, 0.4) is 0 Å². The van der Waals surface area contributed by atoms with Crippen molar-refractivity contribution in [2.24, 2.45) is 0 Å². The molecule has 1 aromatic heterocycles. The summed E-state index contributed by atoms with van der Waals surface area (Å²) >= 11 is 0. The van der Waals surface area contributed by atoms with Gasteiger partial charge in [0.1, 0.15) is 11.6 Å². The number of rotatable bonds is 3. The minimum atomic E-state index is -4.66. The van der Waals surface area contributed by atoms with Crippen LogP contribution in [-0.4, -0.2) is 32.8 Å². The highest BCUT2D eigenvalue weighted by Crippen LogP contribution is 2.41. The van der Waals surface area contributed by atoms with E-state index in [0.29, 0.717) is 19.2 Å². The van der Waals surface area contributed by atoms with Crippen molar-refractivity contribution in [1.29, 1.82) is 0 Å². The Balaban J connectivity index is 1.66. The zero-order valence-corrected chi connectivity index (χ0v) is 14.4. The third-order valence-corrected chi connectivity index (χ3v) is 5.26. The van der Waals surface area contributed by atoms with E-state index in [1.807, 2.05) is 0 Å². The van der Waals surface area contributed by atoms with E-state index in [-0.39, 0.29) is 11.6 Å². The van der Waals surface area contributed by atoms with Crippen molar-refractivity contribution in [3.8, 4) is 0 Å². The Hall–Kier alpha value is -2.65. The average molecular weight is 381 g/mol. The summed E-state index contributed by atoms with van der Waals surface area (Å²) < 4.78 is 42.6. The monoisotopic (exact) mass is 381 g/mol. The van der Waals surface area contributed by atoms with E-state index in [4.69, 9.17) is 0 Å². The molecule has 1 fully saturated rings. The van der Waals surface area contributed by atoms with Crippen LogP contribution >= 0.6 is 0 Å². The maximum atomic E-state index is 13.5. The van der Waals surface area contributed by atoms with Gasteiger partial charge in [0.15, 0.2) is 0 Å². The first-order valence-corrected chi connectivity index (χ1v) is 8.87. The summed E-state index contributed by atoms with van der Waals surface area (Å²) in [6.45, 7) is 1.71. The van der Waals surface area contributed by atoms with Crippen molar-refractivity contribution in [2.75, 3.05) is 18.0 Å². The van der Waals surface area contributed by atoms with Crippen LogP contribution in [-0.2, 0) is 19.1 Å². The van der Waals surface area contributed by atoms with Crippen molar-refractivity contribution < 1.29 is 18.1 Å². The highest BCUT2D eigenvalue weighted by atomic mass is 19.4. The molecule has 7 nitrogen and oxygen atoms in total. The summed E-state index contributed by atoms with van der Waals surface area (Å²) in [4.78, 5) is 11.7.